The second kappa shape index (κ2) is 7.02. The molecule has 0 unspecified atom stereocenters. The van der Waals surface area contributed by atoms with Crippen LogP contribution in [0.2, 0.25) is 0 Å². The summed E-state index contributed by atoms with van der Waals surface area (Å²) in [4.78, 5) is 0. The molecular weight excluding hydrogens is 409 g/mol. The topological polar surface area (TPSA) is 17.0 Å². The Balaban J connectivity index is 1.65. The zero-order chi connectivity index (χ0) is 26.5. The van der Waals surface area contributed by atoms with Crippen LogP contribution in [0.1, 0.15) is 36.0 Å². The summed E-state index contributed by atoms with van der Waals surface area (Å²) in [6.07, 6.45) is -1.76. The van der Waals surface area contributed by atoms with Gasteiger partial charge in [-0.2, -0.15) is 0 Å². The Morgan fingerprint density at radius 2 is 1.79 bits per heavy atom. The summed E-state index contributed by atoms with van der Waals surface area (Å²) in [6, 6.07) is 18.0. The molecule has 6 rings (SSSR count). The van der Waals surface area contributed by atoms with Crippen molar-refractivity contribution < 1.29 is 18.9 Å². The van der Waals surface area contributed by atoms with Gasteiger partial charge in [0.2, 0.25) is 5.69 Å². The molecule has 0 aliphatic heterocycles. The fraction of sp³-hybridized carbons (Fsp3) is 0.233. The Labute approximate surface area is 198 Å². The number of aromatic nitrogens is 1. The maximum Gasteiger partial charge on any atom is 0.216 e. The van der Waals surface area contributed by atoms with Crippen LogP contribution in [0.5, 0.6) is 0 Å². The van der Waals surface area contributed by atoms with E-state index in [1.807, 2.05) is 55.1 Å². The molecule has 0 bridgehead atoms. The maximum atomic E-state index is 15.3. The summed E-state index contributed by atoms with van der Waals surface area (Å²) in [5, 5.41) is 1.05. The lowest BCUT2D eigenvalue weighted by Gasteiger charge is -2.14. The molecule has 3 heteroatoms. The number of halogens is 1. The van der Waals surface area contributed by atoms with Gasteiger partial charge in [0.25, 0.3) is 0 Å². The highest BCUT2D eigenvalue weighted by Crippen LogP contribution is 2.43. The van der Waals surface area contributed by atoms with Gasteiger partial charge in [-0.05, 0) is 65.5 Å². The minimum absolute atomic E-state index is 0.321. The second-order valence-corrected chi connectivity index (χ2v) is 9.37. The summed E-state index contributed by atoms with van der Waals surface area (Å²) in [7, 11) is 1.96. The van der Waals surface area contributed by atoms with Gasteiger partial charge in [-0.3, -0.25) is 0 Å². The zero-order valence-corrected chi connectivity index (χ0v) is 19.1. The first-order chi connectivity index (χ1) is 17.4. The van der Waals surface area contributed by atoms with Crippen LogP contribution >= 0.6 is 0 Å². The van der Waals surface area contributed by atoms with Crippen LogP contribution in [0.3, 0.4) is 0 Å². The molecule has 1 aliphatic carbocycles. The van der Waals surface area contributed by atoms with Crippen LogP contribution in [-0.2, 0) is 19.8 Å². The normalized spacial score (nSPS) is 19.7. The highest BCUT2D eigenvalue weighted by molar-refractivity contribution is 6.13. The van der Waals surface area contributed by atoms with E-state index in [1.54, 1.807) is 38.1 Å². The first-order valence-electron chi connectivity index (χ1n) is 13.1. The molecule has 0 radical (unpaired) electrons. The fourth-order valence-electron chi connectivity index (χ4n) is 4.96. The Bertz CT molecular complexity index is 1750. The number of pyridine rings is 1. The lowest BCUT2D eigenvalue weighted by molar-refractivity contribution is -0.660. The summed E-state index contributed by atoms with van der Waals surface area (Å²) in [6.45, 7) is 5.25. The van der Waals surface area contributed by atoms with Crippen LogP contribution < -0.4 is 4.57 Å². The van der Waals surface area contributed by atoms with E-state index in [1.165, 1.54) is 6.07 Å². The number of aryl methyl sites for hydroxylation is 2. The third-order valence-corrected chi connectivity index (χ3v) is 6.48. The number of benzene rings is 3. The van der Waals surface area contributed by atoms with Gasteiger partial charge in [-0.15, -0.1) is 0 Å². The molecule has 0 spiro atoms. The highest BCUT2D eigenvalue weighted by Gasteiger charge is 2.29. The molecule has 0 saturated heterocycles. The van der Waals surface area contributed by atoms with Crippen molar-refractivity contribution in [2.75, 3.05) is 0 Å². The van der Waals surface area contributed by atoms with Gasteiger partial charge >= 0.3 is 0 Å². The lowest BCUT2D eigenvalue weighted by Crippen LogP contribution is -2.30. The summed E-state index contributed by atoms with van der Waals surface area (Å²) >= 11 is 0. The van der Waals surface area contributed by atoms with Crippen LogP contribution in [0, 0.1) is 18.2 Å². The number of furan rings is 1. The van der Waals surface area contributed by atoms with Crippen molar-refractivity contribution in [1.82, 2.24) is 0 Å². The van der Waals surface area contributed by atoms with Crippen LogP contribution in [0.4, 0.5) is 4.39 Å². The van der Waals surface area contributed by atoms with Gasteiger partial charge in [0.1, 0.15) is 24.0 Å². The summed E-state index contributed by atoms with van der Waals surface area (Å²) in [5.41, 5.74) is 4.54. The lowest BCUT2D eigenvalue weighted by atomic mass is 9.90. The second-order valence-electron chi connectivity index (χ2n) is 9.37. The van der Waals surface area contributed by atoms with Crippen LogP contribution in [0.25, 0.3) is 44.3 Å². The van der Waals surface area contributed by atoms with E-state index < -0.39 is 24.0 Å². The van der Waals surface area contributed by atoms with E-state index in [0.717, 1.165) is 16.8 Å². The molecule has 0 saturated carbocycles. The van der Waals surface area contributed by atoms with Crippen molar-refractivity contribution in [2.24, 2.45) is 12.5 Å². The van der Waals surface area contributed by atoms with E-state index in [9.17, 15) is 0 Å². The standard InChI is InChI=1S/C30H27FNO/c1-18-8-11-23-27-24(31)13-12-22(19-9-10-20-16-30(2,3)17-21(20)15-19)28(27)33-29(23)26(18)25-7-5-6-14-32(25)4/h5-15H,16-17H2,1-4H3/q+1/i16D2,17D2. The van der Waals surface area contributed by atoms with Gasteiger partial charge in [0, 0.05) is 28.6 Å². The van der Waals surface area contributed by atoms with Crippen LogP contribution in [-0.4, -0.2) is 0 Å². The average Bonchev–Trinajstić information content (AvgIpc) is 3.28. The minimum atomic E-state index is -1.89. The third kappa shape index (κ3) is 3.10. The molecule has 0 atom stereocenters. The van der Waals surface area contributed by atoms with Gasteiger partial charge in [0.05, 0.1) is 10.9 Å². The monoisotopic (exact) mass is 440 g/mol. The summed E-state index contributed by atoms with van der Waals surface area (Å²) < 4.78 is 58.6. The van der Waals surface area contributed by atoms with Crippen molar-refractivity contribution in [3.05, 3.63) is 89.4 Å². The van der Waals surface area contributed by atoms with E-state index in [2.05, 4.69) is 0 Å². The van der Waals surface area contributed by atoms with Crippen molar-refractivity contribution in [3.8, 4) is 22.4 Å². The van der Waals surface area contributed by atoms with Crippen LogP contribution in [0.15, 0.2) is 71.3 Å². The predicted molar refractivity (Wildman–Crippen MR) is 132 cm³/mol. The Hall–Kier alpha value is -3.46. The number of hydrogen-bond donors (Lipinski definition) is 0. The number of fused-ring (bicyclic) bond motifs is 4. The first kappa shape index (κ1) is 16.2. The van der Waals surface area contributed by atoms with E-state index in [0.29, 0.717) is 44.2 Å². The van der Waals surface area contributed by atoms with E-state index >= 15 is 4.39 Å². The minimum Gasteiger partial charge on any atom is -0.454 e. The molecule has 33 heavy (non-hydrogen) atoms. The van der Waals surface area contributed by atoms with Crippen molar-refractivity contribution in [3.63, 3.8) is 0 Å². The molecule has 3 aromatic carbocycles. The SMILES string of the molecule is [2H]C1([2H])c2ccc(-c3ccc(F)c4c3oc3c(-c5cccc[n+]5C)c(C)ccc34)cc2C([2H])([2H])C1(C)C. The Morgan fingerprint density at radius 1 is 0.970 bits per heavy atom. The van der Waals surface area contributed by atoms with Crippen molar-refractivity contribution >= 4 is 21.9 Å². The fourth-order valence-corrected chi connectivity index (χ4v) is 4.96. The first-order valence-corrected chi connectivity index (χ1v) is 11.1. The average molecular weight is 441 g/mol. The molecule has 2 heterocycles. The number of hydrogen-bond acceptors (Lipinski definition) is 1. The van der Waals surface area contributed by atoms with Gasteiger partial charge in [0.15, 0.2) is 6.20 Å². The predicted octanol–water partition coefficient (Wildman–Crippen LogP) is 7.32. The Morgan fingerprint density at radius 3 is 2.61 bits per heavy atom. The molecule has 0 N–H and O–H groups in total. The van der Waals surface area contributed by atoms with Crippen molar-refractivity contribution in [2.45, 2.75) is 33.5 Å². The smallest absolute Gasteiger partial charge is 0.216 e. The Kier molecular flexibility index (Phi) is 3.44. The largest absolute Gasteiger partial charge is 0.454 e. The molecular formula is C30H27FNO+. The van der Waals surface area contributed by atoms with E-state index in [4.69, 9.17) is 9.90 Å². The maximum absolute atomic E-state index is 15.3. The number of nitrogens with zero attached hydrogens (tertiary/aromatic N) is 1. The molecule has 164 valence electrons. The molecule has 2 aromatic heterocycles. The van der Waals surface area contributed by atoms with E-state index in [-0.39, 0.29) is 0 Å². The quantitative estimate of drug-likeness (QED) is 0.263. The summed E-state index contributed by atoms with van der Waals surface area (Å²) in [5.74, 6) is -0.390. The zero-order valence-electron chi connectivity index (χ0n) is 23.1. The van der Waals surface area contributed by atoms with Gasteiger partial charge in [-0.25, -0.2) is 8.96 Å². The molecule has 1 aliphatic rings. The molecule has 2 nitrogen and oxygen atoms in total. The third-order valence-electron chi connectivity index (χ3n) is 6.48. The molecule has 0 fully saturated rings. The molecule has 5 aromatic rings. The highest BCUT2D eigenvalue weighted by atomic mass is 19.1. The molecule has 0 amide bonds. The van der Waals surface area contributed by atoms with Gasteiger partial charge < -0.3 is 4.42 Å². The number of rotatable bonds is 2. The van der Waals surface area contributed by atoms with Crippen molar-refractivity contribution in [1.29, 1.82) is 0 Å². The van der Waals surface area contributed by atoms with Gasteiger partial charge in [-0.1, -0.05) is 44.2 Å².